The van der Waals surface area contributed by atoms with Crippen molar-refractivity contribution in [3.63, 3.8) is 0 Å². The highest BCUT2D eigenvalue weighted by Crippen LogP contribution is 2.44. The molecule has 1 amide bonds. The fourth-order valence-corrected chi connectivity index (χ4v) is 4.08. The van der Waals surface area contributed by atoms with Crippen molar-refractivity contribution < 1.29 is 14.6 Å². The third-order valence-corrected chi connectivity index (χ3v) is 5.61. The molecule has 0 aromatic heterocycles. The second-order valence-corrected chi connectivity index (χ2v) is 7.34. The normalized spacial score (nSPS) is 14.6. The number of aliphatic hydroxyl groups excluding tert-OH is 1. The van der Waals surface area contributed by atoms with Crippen LogP contribution < -0.4 is 5.32 Å². The molecule has 29 heavy (non-hydrogen) atoms. The number of hydrogen-bond donors (Lipinski definition) is 2. The molecule has 2 N–H and O–H groups in total. The lowest BCUT2D eigenvalue weighted by Gasteiger charge is -2.23. The summed E-state index contributed by atoms with van der Waals surface area (Å²) in [6.07, 6.45) is -0.685. The number of carbonyl (C=O) groups excluding carboxylic acids is 1. The summed E-state index contributed by atoms with van der Waals surface area (Å²) in [5.41, 5.74) is 5.53. The van der Waals surface area contributed by atoms with Crippen molar-refractivity contribution in [1.82, 2.24) is 5.32 Å². The standard InChI is InChI=1S/C25H25NO3/c1-2-23(24(27)17-10-4-3-5-11-17)26-25(28)29-16-22-20-14-8-6-12-18(20)19-13-7-9-15-21(19)22/h3-15,22-24,27H,2,16H2,1H3,(H,26,28). The van der Waals surface area contributed by atoms with E-state index in [2.05, 4.69) is 29.6 Å². The van der Waals surface area contributed by atoms with Crippen molar-refractivity contribution in [3.05, 3.63) is 95.6 Å². The van der Waals surface area contributed by atoms with E-state index >= 15 is 0 Å². The Morgan fingerprint density at radius 3 is 2.07 bits per heavy atom. The summed E-state index contributed by atoms with van der Waals surface area (Å²) in [5.74, 6) is 0.0206. The van der Waals surface area contributed by atoms with Gasteiger partial charge in [-0.25, -0.2) is 4.79 Å². The van der Waals surface area contributed by atoms with Crippen molar-refractivity contribution in [1.29, 1.82) is 0 Å². The van der Waals surface area contributed by atoms with Crippen LogP contribution in [0.15, 0.2) is 78.9 Å². The number of carbonyl (C=O) groups is 1. The van der Waals surface area contributed by atoms with Crippen LogP contribution >= 0.6 is 0 Å². The average molecular weight is 387 g/mol. The highest BCUT2D eigenvalue weighted by Gasteiger charge is 2.29. The van der Waals surface area contributed by atoms with E-state index in [4.69, 9.17) is 4.74 Å². The zero-order valence-electron chi connectivity index (χ0n) is 16.4. The molecule has 4 rings (SSSR count). The van der Waals surface area contributed by atoms with Crippen molar-refractivity contribution in [2.75, 3.05) is 6.61 Å². The molecule has 148 valence electrons. The Balaban J connectivity index is 1.43. The van der Waals surface area contributed by atoms with Crippen LogP contribution in [0.25, 0.3) is 11.1 Å². The summed E-state index contributed by atoms with van der Waals surface area (Å²) in [6.45, 7) is 2.19. The molecule has 0 fully saturated rings. The molecule has 0 heterocycles. The maximum Gasteiger partial charge on any atom is 0.407 e. The number of fused-ring (bicyclic) bond motifs is 3. The molecule has 3 aromatic carbocycles. The maximum absolute atomic E-state index is 12.5. The lowest BCUT2D eigenvalue weighted by atomic mass is 9.98. The molecule has 4 nitrogen and oxygen atoms in total. The molecule has 1 aliphatic carbocycles. The van der Waals surface area contributed by atoms with Crippen molar-refractivity contribution in [2.45, 2.75) is 31.4 Å². The Morgan fingerprint density at radius 2 is 1.48 bits per heavy atom. The Hall–Kier alpha value is -3.11. The minimum absolute atomic E-state index is 0.0206. The first-order valence-corrected chi connectivity index (χ1v) is 10.0. The van der Waals surface area contributed by atoms with E-state index in [0.717, 1.165) is 5.56 Å². The third kappa shape index (κ3) is 3.89. The summed E-state index contributed by atoms with van der Waals surface area (Å²) >= 11 is 0. The minimum Gasteiger partial charge on any atom is -0.449 e. The Bertz CT molecular complexity index is 941. The molecule has 0 bridgehead atoms. The van der Waals surface area contributed by atoms with Crippen molar-refractivity contribution in [2.24, 2.45) is 0 Å². The minimum atomic E-state index is -0.776. The molecule has 3 aromatic rings. The van der Waals surface area contributed by atoms with Gasteiger partial charge < -0.3 is 15.2 Å². The molecular weight excluding hydrogens is 362 g/mol. The largest absolute Gasteiger partial charge is 0.449 e. The van der Waals surface area contributed by atoms with Gasteiger partial charge in [-0.15, -0.1) is 0 Å². The predicted octanol–water partition coefficient (Wildman–Crippen LogP) is 5.04. The number of alkyl carbamates (subject to hydrolysis) is 1. The topological polar surface area (TPSA) is 58.6 Å². The van der Waals surface area contributed by atoms with Gasteiger partial charge in [-0.3, -0.25) is 0 Å². The lowest BCUT2D eigenvalue weighted by Crippen LogP contribution is -2.39. The first-order valence-electron chi connectivity index (χ1n) is 10.0. The molecule has 0 saturated carbocycles. The quantitative estimate of drug-likeness (QED) is 0.623. The number of ether oxygens (including phenoxy) is 1. The highest BCUT2D eigenvalue weighted by atomic mass is 16.5. The van der Waals surface area contributed by atoms with Crippen LogP contribution in [0.5, 0.6) is 0 Å². The summed E-state index contributed by atoms with van der Waals surface area (Å²) < 4.78 is 5.60. The van der Waals surface area contributed by atoms with Gasteiger partial charge >= 0.3 is 6.09 Å². The average Bonchev–Trinajstić information content (AvgIpc) is 3.10. The molecular formula is C25H25NO3. The van der Waals surface area contributed by atoms with Gasteiger partial charge in [0, 0.05) is 5.92 Å². The summed E-state index contributed by atoms with van der Waals surface area (Å²) in [7, 11) is 0. The van der Waals surface area contributed by atoms with Crippen molar-refractivity contribution in [3.8, 4) is 11.1 Å². The lowest BCUT2D eigenvalue weighted by molar-refractivity contribution is 0.102. The number of hydrogen-bond acceptors (Lipinski definition) is 3. The SMILES string of the molecule is CCC(NC(=O)OCC1c2ccccc2-c2ccccc21)C(O)c1ccccc1. The summed E-state index contributed by atoms with van der Waals surface area (Å²) in [6, 6.07) is 25.4. The van der Waals surface area contributed by atoms with Gasteiger partial charge in [-0.05, 0) is 34.2 Å². The van der Waals surface area contributed by atoms with Gasteiger partial charge in [0.15, 0.2) is 0 Å². The molecule has 0 saturated heterocycles. The van der Waals surface area contributed by atoms with Crippen LogP contribution in [0, 0.1) is 0 Å². The molecule has 0 aliphatic heterocycles. The van der Waals surface area contributed by atoms with Crippen LogP contribution in [0.1, 0.15) is 42.1 Å². The second-order valence-electron chi connectivity index (χ2n) is 7.34. The number of aliphatic hydroxyl groups is 1. The molecule has 2 unspecified atom stereocenters. The van der Waals surface area contributed by atoms with E-state index < -0.39 is 18.2 Å². The number of amides is 1. The highest BCUT2D eigenvalue weighted by molar-refractivity contribution is 5.79. The van der Waals surface area contributed by atoms with Gasteiger partial charge in [0.05, 0.1) is 12.1 Å². The Morgan fingerprint density at radius 1 is 0.931 bits per heavy atom. The van der Waals surface area contributed by atoms with Crippen LogP contribution in [0.3, 0.4) is 0 Å². The summed E-state index contributed by atoms with van der Waals surface area (Å²) in [4.78, 5) is 12.5. The van der Waals surface area contributed by atoms with E-state index in [-0.39, 0.29) is 12.5 Å². The van der Waals surface area contributed by atoms with Crippen LogP contribution in [-0.4, -0.2) is 23.8 Å². The van der Waals surface area contributed by atoms with Gasteiger partial charge in [0.1, 0.15) is 6.61 Å². The smallest absolute Gasteiger partial charge is 0.407 e. The second kappa shape index (κ2) is 8.50. The maximum atomic E-state index is 12.5. The predicted molar refractivity (Wildman–Crippen MR) is 114 cm³/mol. The van der Waals surface area contributed by atoms with Crippen LogP contribution in [0.2, 0.25) is 0 Å². The molecule has 0 radical (unpaired) electrons. The fourth-order valence-electron chi connectivity index (χ4n) is 4.08. The monoisotopic (exact) mass is 387 g/mol. The molecule has 0 spiro atoms. The number of rotatable bonds is 6. The van der Waals surface area contributed by atoms with Gasteiger partial charge in [0.2, 0.25) is 0 Å². The zero-order valence-corrected chi connectivity index (χ0v) is 16.4. The van der Waals surface area contributed by atoms with E-state index in [9.17, 15) is 9.90 Å². The van der Waals surface area contributed by atoms with E-state index in [1.807, 2.05) is 61.5 Å². The van der Waals surface area contributed by atoms with E-state index in [0.29, 0.717) is 6.42 Å². The van der Waals surface area contributed by atoms with Crippen LogP contribution in [0.4, 0.5) is 4.79 Å². The fraction of sp³-hybridized carbons (Fsp3) is 0.240. The zero-order chi connectivity index (χ0) is 20.2. The third-order valence-electron chi connectivity index (χ3n) is 5.61. The first-order chi connectivity index (χ1) is 14.2. The summed E-state index contributed by atoms with van der Waals surface area (Å²) in [5, 5.41) is 13.4. The van der Waals surface area contributed by atoms with Crippen LogP contribution in [-0.2, 0) is 4.74 Å². The Labute approximate surface area is 171 Å². The molecule has 1 aliphatic rings. The molecule has 2 atom stereocenters. The van der Waals surface area contributed by atoms with E-state index in [1.165, 1.54) is 22.3 Å². The van der Waals surface area contributed by atoms with Crippen molar-refractivity contribution >= 4 is 6.09 Å². The first kappa shape index (κ1) is 19.2. The molecule has 4 heteroatoms. The van der Waals surface area contributed by atoms with Gasteiger partial charge in [0.25, 0.3) is 0 Å². The van der Waals surface area contributed by atoms with Gasteiger partial charge in [-0.2, -0.15) is 0 Å². The number of nitrogens with one attached hydrogen (secondary N) is 1. The van der Waals surface area contributed by atoms with E-state index in [1.54, 1.807) is 0 Å². The Kier molecular flexibility index (Phi) is 5.63. The van der Waals surface area contributed by atoms with Gasteiger partial charge in [-0.1, -0.05) is 85.8 Å². The number of benzene rings is 3.